The highest BCUT2D eigenvalue weighted by Gasteiger charge is 2.14. The lowest BCUT2D eigenvalue weighted by atomic mass is 9.94. The predicted molar refractivity (Wildman–Crippen MR) is 104 cm³/mol. The maximum Gasteiger partial charge on any atom is 0.225 e. The number of allylic oxidation sites excluding steroid dienone is 5. The molecule has 3 heteroatoms. The monoisotopic (exact) mass is 326 g/mol. The number of rotatable bonds is 9. The Balaban J connectivity index is 2.71. The number of benzene rings is 1. The Morgan fingerprint density at radius 2 is 1.79 bits per heavy atom. The van der Waals surface area contributed by atoms with E-state index in [9.17, 15) is 4.79 Å². The highest BCUT2D eigenvalue weighted by Crippen LogP contribution is 2.21. The zero-order chi connectivity index (χ0) is 17.9. The molecular formula is C21H30N2O. The third-order valence-electron chi connectivity index (χ3n) is 3.65. The molecule has 1 amide bonds. The summed E-state index contributed by atoms with van der Waals surface area (Å²) in [6, 6.07) is 9.91. The van der Waals surface area contributed by atoms with Crippen LogP contribution in [0.3, 0.4) is 0 Å². The van der Waals surface area contributed by atoms with E-state index >= 15 is 0 Å². The first kappa shape index (κ1) is 19.8. The summed E-state index contributed by atoms with van der Waals surface area (Å²) < 4.78 is 0. The summed E-state index contributed by atoms with van der Waals surface area (Å²) in [5, 5.41) is 6.37. The second-order valence-electron chi connectivity index (χ2n) is 6.36. The standard InChI is InChI=1S/C21H30N2O/c1-6-7-13-19(16(2)3)21(17(4)5)23-20(24)14-15-22-18-11-9-8-10-12-18/h6-13,16-17,22H,1,14-15H2,2-5H3,(H,23,24)/b13-7-,21-19-. The molecule has 0 aliphatic heterocycles. The summed E-state index contributed by atoms with van der Waals surface area (Å²) in [6.07, 6.45) is 6.14. The number of amides is 1. The van der Waals surface area contributed by atoms with E-state index in [1.165, 1.54) is 0 Å². The summed E-state index contributed by atoms with van der Waals surface area (Å²) in [7, 11) is 0. The van der Waals surface area contributed by atoms with E-state index in [1.54, 1.807) is 6.08 Å². The minimum absolute atomic E-state index is 0.0345. The first-order chi connectivity index (χ1) is 11.5. The summed E-state index contributed by atoms with van der Waals surface area (Å²) in [6.45, 7) is 12.8. The van der Waals surface area contributed by atoms with Gasteiger partial charge in [-0.3, -0.25) is 4.79 Å². The zero-order valence-electron chi connectivity index (χ0n) is 15.3. The Morgan fingerprint density at radius 3 is 2.33 bits per heavy atom. The van der Waals surface area contributed by atoms with Crippen LogP contribution in [-0.2, 0) is 4.79 Å². The SMILES string of the molecule is C=C/C=C\C(=C(\NC(=O)CCNc1ccccc1)C(C)C)C(C)C. The second kappa shape index (κ2) is 10.5. The average Bonchev–Trinajstić information content (AvgIpc) is 2.54. The van der Waals surface area contributed by atoms with E-state index in [0.29, 0.717) is 18.9 Å². The zero-order valence-corrected chi connectivity index (χ0v) is 15.3. The molecule has 2 N–H and O–H groups in total. The fourth-order valence-corrected chi connectivity index (χ4v) is 2.40. The predicted octanol–water partition coefficient (Wildman–Crippen LogP) is 4.91. The Bertz CT molecular complexity index is 583. The molecule has 3 nitrogen and oxygen atoms in total. The van der Waals surface area contributed by atoms with Crippen LogP contribution in [0, 0.1) is 11.8 Å². The Kier molecular flexibility index (Phi) is 8.63. The van der Waals surface area contributed by atoms with E-state index in [-0.39, 0.29) is 11.8 Å². The quantitative estimate of drug-likeness (QED) is 0.633. The van der Waals surface area contributed by atoms with Crippen LogP contribution in [0.2, 0.25) is 0 Å². The van der Waals surface area contributed by atoms with Crippen LogP contribution in [0.25, 0.3) is 0 Å². The lowest BCUT2D eigenvalue weighted by Crippen LogP contribution is -2.29. The largest absolute Gasteiger partial charge is 0.385 e. The highest BCUT2D eigenvalue weighted by molar-refractivity contribution is 5.78. The van der Waals surface area contributed by atoms with Crippen molar-refractivity contribution in [2.24, 2.45) is 11.8 Å². The molecule has 0 radical (unpaired) electrons. The van der Waals surface area contributed by atoms with Crippen molar-refractivity contribution < 1.29 is 4.79 Å². The van der Waals surface area contributed by atoms with Crippen molar-refractivity contribution >= 4 is 11.6 Å². The summed E-state index contributed by atoms with van der Waals surface area (Å²) in [5.41, 5.74) is 3.17. The lowest BCUT2D eigenvalue weighted by molar-refractivity contribution is -0.120. The molecule has 0 heterocycles. The van der Waals surface area contributed by atoms with Gasteiger partial charge >= 0.3 is 0 Å². The van der Waals surface area contributed by atoms with Crippen molar-refractivity contribution in [1.29, 1.82) is 0 Å². The van der Waals surface area contributed by atoms with Gasteiger partial charge in [0.2, 0.25) is 5.91 Å². The topological polar surface area (TPSA) is 41.1 Å². The molecule has 0 aromatic heterocycles. The minimum Gasteiger partial charge on any atom is -0.385 e. The fraction of sp³-hybridized carbons (Fsp3) is 0.381. The molecular weight excluding hydrogens is 296 g/mol. The van der Waals surface area contributed by atoms with Crippen LogP contribution in [0.4, 0.5) is 5.69 Å². The first-order valence-corrected chi connectivity index (χ1v) is 8.57. The van der Waals surface area contributed by atoms with Crippen molar-refractivity contribution in [1.82, 2.24) is 5.32 Å². The van der Waals surface area contributed by atoms with Gasteiger partial charge in [0, 0.05) is 24.4 Å². The van der Waals surface area contributed by atoms with Crippen molar-refractivity contribution in [3.05, 3.63) is 66.4 Å². The maximum atomic E-state index is 12.3. The van der Waals surface area contributed by atoms with E-state index in [4.69, 9.17) is 0 Å². The van der Waals surface area contributed by atoms with Crippen LogP contribution in [0.1, 0.15) is 34.1 Å². The first-order valence-electron chi connectivity index (χ1n) is 8.57. The van der Waals surface area contributed by atoms with E-state index in [2.05, 4.69) is 44.9 Å². The van der Waals surface area contributed by atoms with Gasteiger partial charge in [0.1, 0.15) is 0 Å². The molecule has 0 aliphatic carbocycles. The number of para-hydroxylation sites is 1. The lowest BCUT2D eigenvalue weighted by Gasteiger charge is -2.20. The molecule has 0 saturated carbocycles. The molecule has 0 spiro atoms. The summed E-state index contributed by atoms with van der Waals surface area (Å²) in [5.74, 6) is 0.622. The summed E-state index contributed by atoms with van der Waals surface area (Å²) >= 11 is 0. The second-order valence-corrected chi connectivity index (χ2v) is 6.36. The van der Waals surface area contributed by atoms with Gasteiger partial charge in [-0.05, 0) is 29.5 Å². The van der Waals surface area contributed by atoms with Gasteiger partial charge in [-0.2, -0.15) is 0 Å². The number of carbonyl (C=O) groups excluding carboxylic acids is 1. The molecule has 24 heavy (non-hydrogen) atoms. The molecule has 1 aromatic rings. The molecule has 0 bridgehead atoms. The molecule has 1 rings (SSSR count). The van der Waals surface area contributed by atoms with Crippen LogP contribution >= 0.6 is 0 Å². The Hall–Kier alpha value is -2.29. The van der Waals surface area contributed by atoms with Crippen molar-refractivity contribution in [2.45, 2.75) is 34.1 Å². The van der Waals surface area contributed by atoms with Crippen molar-refractivity contribution in [3.63, 3.8) is 0 Å². The van der Waals surface area contributed by atoms with E-state index in [1.807, 2.05) is 42.5 Å². The van der Waals surface area contributed by atoms with Crippen LogP contribution in [0.15, 0.2) is 66.4 Å². The minimum atomic E-state index is 0.0345. The molecule has 0 saturated heterocycles. The number of nitrogens with one attached hydrogen (secondary N) is 2. The van der Waals surface area contributed by atoms with Gasteiger partial charge in [-0.1, -0.05) is 70.7 Å². The number of hydrogen-bond acceptors (Lipinski definition) is 2. The molecule has 1 aromatic carbocycles. The van der Waals surface area contributed by atoms with Gasteiger partial charge in [-0.25, -0.2) is 0 Å². The molecule has 0 atom stereocenters. The van der Waals surface area contributed by atoms with Crippen molar-refractivity contribution in [3.8, 4) is 0 Å². The number of carbonyl (C=O) groups is 1. The molecule has 0 unspecified atom stereocenters. The van der Waals surface area contributed by atoms with Gasteiger partial charge in [0.15, 0.2) is 0 Å². The van der Waals surface area contributed by atoms with Gasteiger partial charge in [0.25, 0.3) is 0 Å². The Morgan fingerprint density at radius 1 is 1.12 bits per heavy atom. The van der Waals surface area contributed by atoms with E-state index in [0.717, 1.165) is 17.0 Å². The van der Waals surface area contributed by atoms with Crippen LogP contribution in [0.5, 0.6) is 0 Å². The smallest absolute Gasteiger partial charge is 0.225 e. The number of anilines is 1. The molecule has 0 aliphatic rings. The average molecular weight is 326 g/mol. The van der Waals surface area contributed by atoms with E-state index < -0.39 is 0 Å². The highest BCUT2D eigenvalue weighted by atomic mass is 16.1. The van der Waals surface area contributed by atoms with Crippen LogP contribution in [-0.4, -0.2) is 12.5 Å². The van der Waals surface area contributed by atoms with Crippen molar-refractivity contribution in [2.75, 3.05) is 11.9 Å². The molecule has 0 fully saturated rings. The van der Waals surface area contributed by atoms with Crippen LogP contribution < -0.4 is 10.6 Å². The third-order valence-corrected chi connectivity index (χ3v) is 3.65. The summed E-state index contributed by atoms with van der Waals surface area (Å²) in [4.78, 5) is 12.3. The van der Waals surface area contributed by atoms with Gasteiger partial charge < -0.3 is 10.6 Å². The van der Waals surface area contributed by atoms with Gasteiger partial charge in [0.05, 0.1) is 0 Å². The van der Waals surface area contributed by atoms with Gasteiger partial charge in [-0.15, -0.1) is 0 Å². The Labute approximate surface area is 146 Å². The number of hydrogen-bond donors (Lipinski definition) is 2. The maximum absolute atomic E-state index is 12.3. The fourth-order valence-electron chi connectivity index (χ4n) is 2.40. The normalized spacial score (nSPS) is 12.4. The molecule has 130 valence electrons. The third kappa shape index (κ3) is 6.86.